The number of aryl methyl sites for hydroxylation is 2. The van der Waals surface area contributed by atoms with Gasteiger partial charge in [0.05, 0.1) is 30.6 Å². The van der Waals surface area contributed by atoms with Gasteiger partial charge < -0.3 is 29.6 Å². The van der Waals surface area contributed by atoms with Crippen LogP contribution in [0.4, 0.5) is 11.4 Å². The Balaban J connectivity index is 1.66. The number of hydrogen-bond acceptors (Lipinski definition) is 5. The van der Waals surface area contributed by atoms with Crippen molar-refractivity contribution in [3.05, 3.63) is 101 Å². The number of carbonyl (C=O) groups excluding carboxylic acids is 1. The summed E-state index contributed by atoms with van der Waals surface area (Å²) in [4.78, 5) is 19.2. The van der Waals surface area contributed by atoms with Crippen molar-refractivity contribution in [2.45, 2.75) is 39.3 Å². The summed E-state index contributed by atoms with van der Waals surface area (Å²) in [6.45, 7) is 6.42. The van der Waals surface area contributed by atoms with Gasteiger partial charge in [-0.2, -0.15) is 0 Å². The third kappa shape index (κ3) is 5.42. The smallest absolute Gasteiger partial charge is 0.250 e. The SMILES string of the molecule is CCc1ccccc1-n1c(C)cc([C@@H]2[C@@H](c3ccccn3)NC(=S)N2c2ccc(OC)c(NC(=O)COC)c2)c1C. The average Bonchev–Trinajstić information content (AvgIpc) is 3.48. The van der Waals surface area contributed by atoms with Gasteiger partial charge in [0.25, 0.3) is 0 Å². The number of aromatic nitrogens is 2. The van der Waals surface area contributed by atoms with E-state index < -0.39 is 0 Å². The first-order chi connectivity index (χ1) is 19.9. The first-order valence-corrected chi connectivity index (χ1v) is 14.0. The van der Waals surface area contributed by atoms with Crippen molar-refractivity contribution >= 4 is 34.6 Å². The molecule has 1 saturated heterocycles. The molecule has 1 amide bonds. The topological polar surface area (TPSA) is 80.7 Å². The molecule has 5 rings (SSSR count). The molecule has 0 aliphatic carbocycles. The van der Waals surface area contributed by atoms with E-state index in [-0.39, 0.29) is 24.6 Å². The number of hydrogen-bond donors (Lipinski definition) is 2. The fraction of sp³-hybridized carbons (Fsp3) is 0.281. The third-order valence-electron chi connectivity index (χ3n) is 7.51. The maximum atomic E-state index is 12.4. The summed E-state index contributed by atoms with van der Waals surface area (Å²) in [6.07, 6.45) is 2.74. The predicted molar refractivity (Wildman–Crippen MR) is 166 cm³/mol. The Kier molecular flexibility index (Phi) is 8.37. The number of nitrogens with one attached hydrogen (secondary N) is 2. The van der Waals surface area contributed by atoms with Gasteiger partial charge in [-0.3, -0.25) is 9.78 Å². The molecule has 212 valence electrons. The summed E-state index contributed by atoms with van der Waals surface area (Å²) < 4.78 is 12.9. The van der Waals surface area contributed by atoms with Gasteiger partial charge in [0.1, 0.15) is 12.4 Å². The first-order valence-electron chi connectivity index (χ1n) is 13.6. The molecular weight excluding hydrogens is 534 g/mol. The van der Waals surface area contributed by atoms with E-state index in [0.29, 0.717) is 16.5 Å². The van der Waals surface area contributed by atoms with Crippen LogP contribution in [0.1, 0.15) is 47.2 Å². The highest BCUT2D eigenvalue weighted by atomic mass is 32.1. The summed E-state index contributed by atoms with van der Waals surface area (Å²) in [6, 6.07) is 22.0. The number of methoxy groups -OCH3 is 2. The van der Waals surface area contributed by atoms with Crippen LogP contribution in [-0.2, 0) is 16.0 Å². The Morgan fingerprint density at radius 2 is 1.85 bits per heavy atom. The lowest BCUT2D eigenvalue weighted by Gasteiger charge is -2.29. The Morgan fingerprint density at radius 3 is 2.56 bits per heavy atom. The van der Waals surface area contributed by atoms with E-state index in [1.807, 2.05) is 36.4 Å². The largest absolute Gasteiger partial charge is 0.495 e. The van der Waals surface area contributed by atoms with Crippen LogP contribution < -0.4 is 20.3 Å². The van der Waals surface area contributed by atoms with Crippen molar-refractivity contribution in [1.29, 1.82) is 0 Å². The van der Waals surface area contributed by atoms with Crippen LogP contribution in [0.5, 0.6) is 5.75 Å². The van der Waals surface area contributed by atoms with Gasteiger partial charge in [-0.05, 0) is 86.1 Å². The second kappa shape index (κ2) is 12.1. The predicted octanol–water partition coefficient (Wildman–Crippen LogP) is 5.82. The lowest BCUT2D eigenvalue weighted by Crippen LogP contribution is -2.29. The molecule has 8 nitrogen and oxygen atoms in total. The zero-order valence-corrected chi connectivity index (χ0v) is 24.8. The molecule has 1 fully saturated rings. The van der Waals surface area contributed by atoms with Crippen molar-refractivity contribution in [3.8, 4) is 11.4 Å². The van der Waals surface area contributed by atoms with Gasteiger partial charge >= 0.3 is 0 Å². The van der Waals surface area contributed by atoms with E-state index in [1.165, 1.54) is 18.4 Å². The van der Waals surface area contributed by atoms with Gasteiger partial charge in [0.15, 0.2) is 5.11 Å². The third-order valence-corrected chi connectivity index (χ3v) is 7.83. The summed E-state index contributed by atoms with van der Waals surface area (Å²) in [7, 11) is 3.06. The standard InChI is InChI=1S/C32H35N5O3S/c1-6-22-11-7-8-13-27(22)36-20(2)17-24(21(36)3)31-30(25-12-9-10-16-33-25)35-32(41)37(31)23-14-15-28(40-5)26(18-23)34-29(38)19-39-4/h7-18,30-31H,6,19H2,1-5H3,(H,34,38)(H,35,41)/t30-,31-/m1/s1. The maximum Gasteiger partial charge on any atom is 0.250 e. The molecule has 4 aromatic rings. The molecule has 1 aliphatic rings. The molecule has 0 unspecified atom stereocenters. The normalized spacial score (nSPS) is 16.5. The number of rotatable bonds is 9. The molecule has 1 aliphatic heterocycles. The number of para-hydroxylation sites is 1. The molecule has 2 aromatic carbocycles. The highest BCUT2D eigenvalue weighted by Crippen LogP contribution is 2.45. The summed E-state index contributed by atoms with van der Waals surface area (Å²) >= 11 is 5.97. The molecule has 0 radical (unpaired) electrons. The quantitative estimate of drug-likeness (QED) is 0.246. The van der Waals surface area contributed by atoms with Crippen LogP contribution in [0.2, 0.25) is 0 Å². The summed E-state index contributed by atoms with van der Waals surface area (Å²) in [5.74, 6) is 0.273. The fourth-order valence-corrected chi connectivity index (χ4v) is 6.04. The number of benzene rings is 2. The number of ether oxygens (including phenoxy) is 2. The van der Waals surface area contributed by atoms with Gasteiger partial charge in [-0.15, -0.1) is 0 Å². The van der Waals surface area contributed by atoms with Crippen LogP contribution in [0.3, 0.4) is 0 Å². The van der Waals surface area contributed by atoms with Gasteiger partial charge in [0, 0.05) is 36.1 Å². The maximum absolute atomic E-state index is 12.4. The summed E-state index contributed by atoms with van der Waals surface area (Å²) in [5.41, 5.74) is 8.12. The van der Waals surface area contributed by atoms with Crippen LogP contribution in [0.25, 0.3) is 5.69 Å². The van der Waals surface area contributed by atoms with Crippen molar-refractivity contribution in [1.82, 2.24) is 14.9 Å². The molecule has 0 saturated carbocycles. The van der Waals surface area contributed by atoms with Crippen molar-refractivity contribution < 1.29 is 14.3 Å². The molecule has 0 spiro atoms. The number of pyridine rings is 1. The average molecular weight is 570 g/mol. The van der Waals surface area contributed by atoms with E-state index in [2.05, 4.69) is 71.2 Å². The second-order valence-corrected chi connectivity index (χ2v) is 10.4. The lowest BCUT2D eigenvalue weighted by molar-refractivity contribution is -0.119. The molecule has 41 heavy (non-hydrogen) atoms. The molecule has 2 N–H and O–H groups in total. The van der Waals surface area contributed by atoms with E-state index in [0.717, 1.165) is 34.8 Å². The number of carbonyl (C=O) groups is 1. The Bertz CT molecular complexity index is 1570. The molecule has 9 heteroatoms. The van der Waals surface area contributed by atoms with Crippen LogP contribution in [0.15, 0.2) is 72.9 Å². The molecule has 3 heterocycles. The number of nitrogens with zero attached hydrogens (tertiary/aromatic N) is 3. The van der Waals surface area contributed by atoms with Gasteiger partial charge in [0.2, 0.25) is 5.91 Å². The number of amides is 1. The van der Waals surface area contributed by atoms with Crippen LogP contribution >= 0.6 is 12.2 Å². The highest BCUT2D eigenvalue weighted by molar-refractivity contribution is 7.80. The zero-order chi connectivity index (χ0) is 29.1. The van der Waals surface area contributed by atoms with E-state index in [1.54, 1.807) is 13.3 Å². The number of anilines is 2. The second-order valence-electron chi connectivity index (χ2n) is 10.0. The Hall–Kier alpha value is -4.21. The molecule has 2 atom stereocenters. The van der Waals surface area contributed by atoms with Crippen LogP contribution in [0, 0.1) is 13.8 Å². The fourth-order valence-electron chi connectivity index (χ4n) is 5.70. The minimum absolute atomic E-state index is 0.0628. The van der Waals surface area contributed by atoms with Gasteiger partial charge in [-0.25, -0.2) is 0 Å². The Morgan fingerprint density at radius 1 is 1.07 bits per heavy atom. The minimum atomic E-state index is -0.272. The summed E-state index contributed by atoms with van der Waals surface area (Å²) in [5, 5.41) is 7.02. The van der Waals surface area contributed by atoms with Gasteiger partial charge in [-0.1, -0.05) is 31.2 Å². The van der Waals surface area contributed by atoms with Crippen molar-refractivity contribution in [2.75, 3.05) is 31.0 Å². The van der Waals surface area contributed by atoms with E-state index in [9.17, 15) is 4.79 Å². The van der Waals surface area contributed by atoms with Crippen molar-refractivity contribution in [3.63, 3.8) is 0 Å². The van der Waals surface area contributed by atoms with Crippen LogP contribution in [-0.4, -0.2) is 41.4 Å². The molecule has 0 bridgehead atoms. The first kappa shape index (κ1) is 28.3. The molecular formula is C32H35N5O3S. The van der Waals surface area contributed by atoms with E-state index in [4.69, 9.17) is 26.7 Å². The molecule has 2 aromatic heterocycles. The highest BCUT2D eigenvalue weighted by Gasteiger charge is 2.42. The monoisotopic (exact) mass is 569 g/mol. The zero-order valence-electron chi connectivity index (χ0n) is 24.0. The minimum Gasteiger partial charge on any atom is -0.495 e. The van der Waals surface area contributed by atoms with Crippen molar-refractivity contribution in [2.24, 2.45) is 0 Å². The lowest BCUT2D eigenvalue weighted by atomic mass is 9.96. The number of thiocarbonyl (C=S) groups is 1. The Labute approximate surface area is 246 Å². The van der Waals surface area contributed by atoms with E-state index >= 15 is 0 Å².